The summed E-state index contributed by atoms with van der Waals surface area (Å²) in [6.07, 6.45) is 14.8. The molecule has 1 N–H and O–H groups in total. The van der Waals surface area contributed by atoms with Gasteiger partial charge < -0.3 is 5.11 Å². The number of rotatable bonds is 11. The first-order valence-electron chi connectivity index (χ1n) is 6.52. The summed E-state index contributed by atoms with van der Waals surface area (Å²) in [5.41, 5.74) is 0. The number of unbranched alkanes of at least 4 members (excludes halogenated alkanes) is 10. The van der Waals surface area contributed by atoms with E-state index >= 15 is 0 Å². The fraction of sp³-hybridized carbons (Fsp3) is 1.00. The van der Waals surface area contributed by atoms with Crippen LogP contribution in [0.4, 0.5) is 0 Å². The van der Waals surface area contributed by atoms with Crippen LogP contribution in [-0.2, 0) is 0 Å². The molecule has 0 amide bonds. The van der Waals surface area contributed by atoms with E-state index in [4.69, 9.17) is 5.11 Å². The zero-order chi connectivity index (χ0) is 10.5. The second kappa shape index (κ2) is 17.4. The summed E-state index contributed by atoms with van der Waals surface area (Å²) < 4.78 is 0. The van der Waals surface area contributed by atoms with Gasteiger partial charge in [0.05, 0.1) is 0 Å². The van der Waals surface area contributed by atoms with Crippen molar-refractivity contribution in [1.29, 1.82) is 0 Å². The molecule has 0 aromatic heterocycles. The quantitative estimate of drug-likeness (QED) is 0.419. The second-order valence-electron chi connectivity index (χ2n) is 4.26. The molecule has 0 aliphatic carbocycles. The summed E-state index contributed by atoms with van der Waals surface area (Å²) in [6.45, 7) is 2.64. The molecule has 0 saturated carbocycles. The molecule has 15 heavy (non-hydrogen) atoms. The molecule has 2 heteroatoms. The Kier molecular flexibility index (Phi) is 21.2. The first-order valence-corrected chi connectivity index (χ1v) is 6.52. The Balaban J connectivity index is 0. The maximum atomic E-state index is 8.59. The molecule has 1 nitrogen and oxygen atoms in total. The molecule has 0 atom stereocenters. The Hall–Kier alpha value is 0.960. The third-order valence-electron chi connectivity index (χ3n) is 2.76. The number of hydrogen-bond acceptors (Lipinski definition) is 1. The van der Waals surface area contributed by atoms with Gasteiger partial charge in [0.1, 0.15) is 0 Å². The molecule has 0 saturated heterocycles. The van der Waals surface area contributed by atoms with Crippen molar-refractivity contribution in [2.45, 2.75) is 77.6 Å². The van der Waals surface area contributed by atoms with Gasteiger partial charge in [0, 0.05) is 6.61 Å². The van der Waals surface area contributed by atoms with Crippen molar-refractivity contribution in [3.63, 3.8) is 0 Å². The van der Waals surface area contributed by atoms with Crippen molar-refractivity contribution < 1.29 is 5.11 Å². The second-order valence-corrected chi connectivity index (χ2v) is 4.26. The summed E-state index contributed by atoms with van der Waals surface area (Å²) in [4.78, 5) is 0. The van der Waals surface area contributed by atoms with Gasteiger partial charge in [-0.1, -0.05) is 71.1 Å². The Morgan fingerprint density at radius 2 is 0.933 bits per heavy atom. The minimum absolute atomic E-state index is 0. The van der Waals surface area contributed by atoms with Gasteiger partial charge in [-0.25, -0.2) is 0 Å². The van der Waals surface area contributed by atoms with Gasteiger partial charge in [0.2, 0.25) is 0 Å². The predicted octanol–water partition coefficient (Wildman–Crippen LogP) is 3.64. The molecular formula is C13H29NaO. The van der Waals surface area contributed by atoms with Gasteiger partial charge in [-0.3, -0.25) is 0 Å². The molecule has 0 rings (SSSR count). The van der Waals surface area contributed by atoms with Crippen LogP contribution in [0.15, 0.2) is 0 Å². The van der Waals surface area contributed by atoms with Crippen LogP contribution in [0.5, 0.6) is 0 Å². The van der Waals surface area contributed by atoms with Crippen LogP contribution in [0.25, 0.3) is 0 Å². The zero-order valence-electron chi connectivity index (χ0n) is 9.93. The van der Waals surface area contributed by atoms with E-state index in [1.807, 2.05) is 0 Å². The van der Waals surface area contributed by atoms with Crippen molar-refractivity contribution >= 4 is 29.6 Å². The van der Waals surface area contributed by atoms with E-state index in [2.05, 4.69) is 6.92 Å². The molecule has 0 radical (unpaired) electrons. The van der Waals surface area contributed by atoms with Crippen molar-refractivity contribution in [2.24, 2.45) is 0 Å². The van der Waals surface area contributed by atoms with Crippen LogP contribution in [0, 0.1) is 0 Å². The summed E-state index contributed by atoms with van der Waals surface area (Å²) in [5, 5.41) is 8.59. The van der Waals surface area contributed by atoms with Crippen LogP contribution in [0.1, 0.15) is 77.6 Å². The first kappa shape index (κ1) is 18.3. The van der Waals surface area contributed by atoms with Crippen molar-refractivity contribution in [1.82, 2.24) is 0 Å². The van der Waals surface area contributed by atoms with Crippen molar-refractivity contribution in [2.75, 3.05) is 6.61 Å². The van der Waals surface area contributed by atoms with Crippen LogP contribution in [0.3, 0.4) is 0 Å². The molecular weight excluding hydrogens is 195 g/mol. The monoisotopic (exact) mass is 224 g/mol. The molecule has 0 aliphatic heterocycles. The summed E-state index contributed by atoms with van der Waals surface area (Å²) in [7, 11) is 0. The zero-order valence-corrected chi connectivity index (χ0v) is 9.93. The van der Waals surface area contributed by atoms with Gasteiger partial charge in [-0.15, -0.1) is 0 Å². The van der Waals surface area contributed by atoms with Crippen LogP contribution < -0.4 is 0 Å². The number of aliphatic hydroxyl groups excluding tert-OH is 1. The van der Waals surface area contributed by atoms with Gasteiger partial charge in [-0.2, -0.15) is 0 Å². The summed E-state index contributed by atoms with van der Waals surface area (Å²) >= 11 is 0. The van der Waals surface area contributed by atoms with E-state index in [1.165, 1.54) is 64.2 Å². The first-order chi connectivity index (χ1) is 6.91. The summed E-state index contributed by atoms with van der Waals surface area (Å²) in [6, 6.07) is 0. The molecule has 0 aromatic rings. The molecule has 0 unspecified atom stereocenters. The average Bonchev–Trinajstić information content (AvgIpc) is 2.21. The van der Waals surface area contributed by atoms with Gasteiger partial charge in [-0.05, 0) is 6.42 Å². The summed E-state index contributed by atoms with van der Waals surface area (Å²) in [5.74, 6) is 0. The molecule has 88 valence electrons. The molecule has 0 bridgehead atoms. The van der Waals surface area contributed by atoms with E-state index in [-0.39, 0.29) is 29.6 Å². The van der Waals surface area contributed by atoms with E-state index in [9.17, 15) is 0 Å². The third-order valence-corrected chi connectivity index (χ3v) is 2.76. The van der Waals surface area contributed by atoms with Crippen LogP contribution in [0.2, 0.25) is 0 Å². The Bertz CT molecular complexity index is 84.5. The molecule has 0 fully saturated rings. The van der Waals surface area contributed by atoms with Gasteiger partial charge in [0.15, 0.2) is 0 Å². The van der Waals surface area contributed by atoms with Crippen LogP contribution in [-0.4, -0.2) is 41.3 Å². The number of hydrogen-bond donors (Lipinski definition) is 1. The molecule has 0 heterocycles. The van der Waals surface area contributed by atoms with E-state index in [1.54, 1.807) is 0 Å². The Morgan fingerprint density at radius 3 is 1.27 bits per heavy atom. The third kappa shape index (κ3) is 17.6. The maximum absolute atomic E-state index is 8.59. The number of aliphatic hydroxyl groups is 1. The van der Waals surface area contributed by atoms with Crippen molar-refractivity contribution in [3.8, 4) is 0 Å². The van der Waals surface area contributed by atoms with E-state index < -0.39 is 0 Å². The molecule has 0 aliphatic rings. The topological polar surface area (TPSA) is 20.2 Å². The minimum atomic E-state index is 0. The van der Waals surface area contributed by atoms with Crippen molar-refractivity contribution in [3.05, 3.63) is 0 Å². The fourth-order valence-corrected chi connectivity index (χ4v) is 1.78. The predicted molar refractivity (Wildman–Crippen MR) is 70.7 cm³/mol. The van der Waals surface area contributed by atoms with E-state index in [0.717, 1.165) is 6.42 Å². The van der Waals surface area contributed by atoms with Gasteiger partial charge >= 0.3 is 29.6 Å². The van der Waals surface area contributed by atoms with Gasteiger partial charge in [0.25, 0.3) is 0 Å². The van der Waals surface area contributed by atoms with E-state index in [0.29, 0.717) is 6.61 Å². The Labute approximate surface area is 118 Å². The standard InChI is InChI=1S/C13H28O.Na.H/c1-2-3-4-5-6-7-8-9-10-11-12-13-14;;/h14H,2-13H2,1H3;;. The van der Waals surface area contributed by atoms with Crippen LogP contribution >= 0.6 is 0 Å². The SMILES string of the molecule is CCCCCCCCCCCCCO.[NaH]. The molecule has 0 spiro atoms. The average molecular weight is 224 g/mol. The Morgan fingerprint density at radius 1 is 0.600 bits per heavy atom. The normalized spacial score (nSPS) is 10.0. The fourth-order valence-electron chi connectivity index (χ4n) is 1.78. The molecule has 0 aromatic carbocycles.